The summed E-state index contributed by atoms with van der Waals surface area (Å²) in [5.74, 6) is 1.23. The van der Waals surface area contributed by atoms with Crippen LogP contribution in [0.4, 0.5) is 5.82 Å². The number of nitrogens with zero attached hydrogens (tertiary/aromatic N) is 4. The molecule has 1 rings (SSSR count). The third kappa shape index (κ3) is 5.01. The van der Waals surface area contributed by atoms with Gasteiger partial charge in [-0.05, 0) is 20.8 Å². The van der Waals surface area contributed by atoms with Gasteiger partial charge in [-0.15, -0.1) is 0 Å². The maximum atomic E-state index is 8.90. The molecule has 0 saturated heterocycles. The first kappa shape index (κ1) is 15.7. The Hall–Kier alpha value is -1.38. The lowest BCUT2D eigenvalue weighted by Gasteiger charge is -2.23. The van der Waals surface area contributed by atoms with Gasteiger partial charge < -0.3 is 9.64 Å². The predicted octanol–water partition coefficient (Wildman–Crippen LogP) is 2.65. The third-order valence-electron chi connectivity index (χ3n) is 2.58. The van der Waals surface area contributed by atoms with Gasteiger partial charge in [-0.1, -0.05) is 11.6 Å². The standard InChI is InChI=1S/C13H19ClN4O/c1-4-18(8-10(3)7-15)13-6-11(14)16-12(17-13)9-19-5-2/h6,10H,4-5,8-9H2,1-3H3. The van der Waals surface area contributed by atoms with Gasteiger partial charge in [0, 0.05) is 25.8 Å². The predicted molar refractivity (Wildman–Crippen MR) is 75.0 cm³/mol. The van der Waals surface area contributed by atoms with Crippen molar-refractivity contribution in [1.82, 2.24) is 9.97 Å². The number of aromatic nitrogens is 2. The highest BCUT2D eigenvalue weighted by Gasteiger charge is 2.12. The van der Waals surface area contributed by atoms with E-state index in [2.05, 4.69) is 16.0 Å². The summed E-state index contributed by atoms with van der Waals surface area (Å²) >= 11 is 6.00. The number of anilines is 1. The van der Waals surface area contributed by atoms with Crippen LogP contribution >= 0.6 is 11.6 Å². The fourth-order valence-corrected chi connectivity index (χ4v) is 1.82. The van der Waals surface area contributed by atoms with Crippen molar-refractivity contribution in [2.75, 3.05) is 24.6 Å². The average molecular weight is 283 g/mol. The van der Waals surface area contributed by atoms with Gasteiger partial charge in [0.25, 0.3) is 0 Å². The monoisotopic (exact) mass is 282 g/mol. The molecule has 0 aliphatic rings. The van der Waals surface area contributed by atoms with Gasteiger partial charge in [0.05, 0.1) is 12.0 Å². The molecule has 0 spiro atoms. The Labute approximate surface area is 119 Å². The molecule has 5 nitrogen and oxygen atoms in total. The molecule has 0 saturated carbocycles. The van der Waals surface area contributed by atoms with E-state index < -0.39 is 0 Å². The van der Waals surface area contributed by atoms with Crippen LogP contribution in [0.3, 0.4) is 0 Å². The van der Waals surface area contributed by atoms with Crippen molar-refractivity contribution in [2.45, 2.75) is 27.4 Å². The van der Waals surface area contributed by atoms with Gasteiger partial charge in [-0.3, -0.25) is 0 Å². The van der Waals surface area contributed by atoms with Gasteiger partial charge in [-0.25, -0.2) is 9.97 Å². The maximum Gasteiger partial charge on any atom is 0.158 e. The Morgan fingerprint density at radius 2 is 2.21 bits per heavy atom. The molecule has 0 radical (unpaired) electrons. The van der Waals surface area contributed by atoms with Crippen LogP contribution in [0.1, 0.15) is 26.6 Å². The summed E-state index contributed by atoms with van der Waals surface area (Å²) in [5, 5.41) is 9.29. The molecule has 0 bridgehead atoms. The molecule has 0 aliphatic heterocycles. The minimum atomic E-state index is -0.0657. The van der Waals surface area contributed by atoms with Crippen LogP contribution in [0, 0.1) is 17.2 Å². The van der Waals surface area contributed by atoms with E-state index in [-0.39, 0.29) is 5.92 Å². The summed E-state index contributed by atoms with van der Waals surface area (Å²) in [6, 6.07) is 3.93. The molecular weight excluding hydrogens is 264 g/mol. The van der Waals surface area contributed by atoms with Crippen LogP contribution in [-0.2, 0) is 11.3 Å². The lowest BCUT2D eigenvalue weighted by Crippen LogP contribution is -2.29. The molecule has 0 aromatic carbocycles. The van der Waals surface area contributed by atoms with Gasteiger partial charge in [0.1, 0.15) is 17.6 Å². The van der Waals surface area contributed by atoms with Crippen molar-refractivity contribution < 1.29 is 4.74 Å². The highest BCUT2D eigenvalue weighted by molar-refractivity contribution is 6.29. The van der Waals surface area contributed by atoms with Crippen LogP contribution in [0.15, 0.2) is 6.07 Å². The van der Waals surface area contributed by atoms with Gasteiger partial charge in [-0.2, -0.15) is 5.26 Å². The quantitative estimate of drug-likeness (QED) is 0.720. The Morgan fingerprint density at radius 1 is 1.47 bits per heavy atom. The largest absolute Gasteiger partial charge is 0.374 e. The zero-order valence-corrected chi connectivity index (χ0v) is 12.3. The number of ether oxygens (including phenoxy) is 1. The molecule has 6 heteroatoms. The number of nitriles is 1. The molecule has 1 aromatic heterocycles. The number of hydrogen-bond donors (Lipinski definition) is 0. The Balaban J connectivity index is 2.90. The lowest BCUT2D eigenvalue weighted by molar-refractivity contribution is 0.128. The van der Waals surface area contributed by atoms with E-state index in [4.69, 9.17) is 21.6 Å². The lowest BCUT2D eigenvalue weighted by atomic mass is 10.2. The summed E-state index contributed by atoms with van der Waals surface area (Å²) in [7, 11) is 0. The van der Waals surface area contributed by atoms with Crippen molar-refractivity contribution in [3.05, 3.63) is 17.0 Å². The highest BCUT2D eigenvalue weighted by Crippen LogP contribution is 2.17. The molecule has 0 N–H and O–H groups in total. The van der Waals surface area contributed by atoms with Gasteiger partial charge >= 0.3 is 0 Å². The van der Waals surface area contributed by atoms with Crippen molar-refractivity contribution >= 4 is 17.4 Å². The minimum Gasteiger partial charge on any atom is -0.374 e. The van der Waals surface area contributed by atoms with Crippen molar-refractivity contribution in [3.63, 3.8) is 0 Å². The van der Waals surface area contributed by atoms with E-state index in [1.165, 1.54) is 0 Å². The molecule has 1 unspecified atom stereocenters. The van der Waals surface area contributed by atoms with E-state index in [1.54, 1.807) is 6.07 Å². The fraction of sp³-hybridized carbons (Fsp3) is 0.615. The van der Waals surface area contributed by atoms with E-state index >= 15 is 0 Å². The van der Waals surface area contributed by atoms with Crippen molar-refractivity contribution in [1.29, 1.82) is 5.26 Å². The molecule has 1 aromatic rings. The van der Waals surface area contributed by atoms with Gasteiger partial charge in [0.2, 0.25) is 0 Å². The molecule has 0 fully saturated rings. The molecule has 0 aliphatic carbocycles. The molecule has 1 heterocycles. The van der Waals surface area contributed by atoms with Crippen LogP contribution in [-0.4, -0.2) is 29.7 Å². The number of halogens is 1. The van der Waals surface area contributed by atoms with E-state index in [9.17, 15) is 0 Å². The summed E-state index contributed by atoms with van der Waals surface area (Å²) in [6.45, 7) is 8.14. The summed E-state index contributed by atoms with van der Waals surface area (Å²) < 4.78 is 5.29. The Bertz CT molecular complexity index is 447. The fourth-order valence-electron chi connectivity index (χ4n) is 1.63. The van der Waals surface area contributed by atoms with E-state index in [0.717, 1.165) is 12.4 Å². The molecular formula is C13H19ClN4O. The summed E-state index contributed by atoms with van der Waals surface area (Å²) in [6.07, 6.45) is 0. The Kier molecular flexibility index (Phi) is 6.54. The minimum absolute atomic E-state index is 0.0657. The second-order valence-electron chi connectivity index (χ2n) is 4.17. The molecule has 0 amide bonds. The van der Waals surface area contributed by atoms with Crippen LogP contribution in [0.5, 0.6) is 0 Å². The first-order valence-electron chi connectivity index (χ1n) is 6.36. The summed E-state index contributed by atoms with van der Waals surface area (Å²) in [5.41, 5.74) is 0. The van der Waals surface area contributed by atoms with Gasteiger partial charge in [0.15, 0.2) is 5.82 Å². The van der Waals surface area contributed by atoms with Crippen LogP contribution < -0.4 is 4.90 Å². The zero-order valence-electron chi connectivity index (χ0n) is 11.6. The summed E-state index contributed by atoms with van der Waals surface area (Å²) in [4.78, 5) is 10.6. The van der Waals surface area contributed by atoms with E-state index in [0.29, 0.717) is 30.7 Å². The third-order valence-corrected chi connectivity index (χ3v) is 2.78. The SMILES string of the molecule is CCOCc1nc(Cl)cc(N(CC)CC(C)C#N)n1. The first-order valence-corrected chi connectivity index (χ1v) is 6.74. The average Bonchev–Trinajstić information content (AvgIpc) is 2.41. The molecule has 1 atom stereocenters. The first-order chi connectivity index (χ1) is 9.10. The van der Waals surface area contributed by atoms with Crippen molar-refractivity contribution in [2.24, 2.45) is 5.92 Å². The normalized spacial score (nSPS) is 11.9. The highest BCUT2D eigenvalue weighted by atomic mass is 35.5. The zero-order chi connectivity index (χ0) is 14.3. The topological polar surface area (TPSA) is 62.0 Å². The van der Waals surface area contributed by atoms with Crippen LogP contribution in [0.25, 0.3) is 0 Å². The smallest absolute Gasteiger partial charge is 0.158 e. The van der Waals surface area contributed by atoms with E-state index in [1.807, 2.05) is 25.7 Å². The van der Waals surface area contributed by atoms with Crippen molar-refractivity contribution in [3.8, 4) is 6.07 Å². The second kappa shape index (κ2) is 7.93. The maximum absolute atomic E-state index is 8.90. The second-order valence-corrected chi connectivity index (χ2v) is 4.56. The Morgan fingerprint density at radius 3 is 2.79 bits per heavy atom. The number of rotatable bonds is 7. The number of hydrogen-bond acceptors (Lipinski definition) is 5. The molecule has 19 heavy (non-hydrogen) atoms. The van der Waals surface area contributed by atoms with Crippen LogP contribution in [0.2, 0.25) is 5.15 Å². The molecule has 104 valence electrons.